The summed E-state index contributed by atoms with van der Waals surface area (Å²) in [6.45, 7) is 0.727. The van der Waals surface area contributed by atoms with E-state index in [1.807, 2.05) is 18.7 Å². The normalized spacial score (nSPS) is 10.4. The summed E-state index contributed by atoms with van der Waals surface area (Å²) in [6, 6.07) is 0. The van der Waals surface area contributed by atoms with Crippen LogP contribution in [0.25, 0.3) is 0 Å². The predicted octanol–water partition coefficient (Wildman–Crippen LogP) is 1.06. The minimum absolute atomic E-state index is 0.727. The maximum absolute atomic E-state index is 4.18. The van der Waals surface area contributed by atoms with Gasteiger partial charge in [0.05, 0.1) is 0 Å². The van der Waals surface area contributed by atoms with Gasteiger partial charge in [-0.15, -0.1) is 10.2 Å². The van der Waals surface area contributed by atoms with Crippen molar-refractivity contribution in [1.29, 1.82) is 0 Å². The zero-order valence-electron chi connectivity index (χ0n) is 10.2. The number of anilines is 2. The average Bonchev–Trinajstić information content (AvgIpc) is 2.77. The van der Waals surface area contributed by atoms with Crippen LogP contribution < -0.4 is 10.6 Å². The van der Waals surface area contributed by atoms with Crippen LogP contribution in [0.1, 0.15) is 5.82 Å². The van der Waals surface area contributed by atoms with Crippen LogP contribution in [0.15, 0.2) is 17.1 Å². The number of rotatable bonds is 5. The Bertz CT molecular complexity index is 525. The van der Waals surface area contributed by atoms with E-state index in [1.54, 1.807) is 6.33 Å². The van der Waals surface area contributed by atoms with Crippen molar-refractivity contribution in [1.82, 2.24) is 24.7 Å². The highest BCUT2D eigenvalue weighted by Crippen LogP contribution is 2.25. The van der Waals surface area contributed by atoms with Gasteiger partial charge in [-0.3, -0.25) is 0 Å². The second-order valence-corrected chi connectivity index (χ2v) is 4.46. The minimum Gasteiger partial charge on any atom is -0.372 e. The molecule has 2 heterocycles. The molecule has 2 rings (SSSR count). The largest absolute Gasteiger partial charge is 0.372 e. The number of nitrogens with zero attached hydrogens (tertiary/aromatic N) is 5. The fourth-order valence-corrected chi connectivity index (χ4v) is 2.04. The summed E-state index contributed by atoms with van der Waals surface area (Å²) in [5, 5.41) is 14.1. The first-order valence-corrected chi connectivity index (χ1v) is 6.26. The molecule has 0 aromatic carbocycles. The molecule has 2 N–H and O–H groups in total. The third kappa shape index (κ3) is 2.76. The Morgan fingerprint density at radius 2 is 2.11 bits per heavy atom. The molecule has 0 fully saturated rings. The van der Waals surface area contributed by atoms with Crippen molar-refractivity contribution in [3.8, 4) is 0 Å². The molecule has 0 spiro atoms. The first kappa shape index (κ1) is 12.7. The van der Waals surface area contributed by atoms with Gasteiger partial charge in [0.15, 0.2) is 0 Å². The van der Waals surface area contributed by atoms with Crippen LogP contribution in [0.4, 0.5) is 11.6 Å². The lowest BCUT2D eigenvalue weighted by Crippen LogP contribution is -2.10. The molecule has 0 atom stereocenters. The molecule has 8 heteroatoms. The summed E-state index contributed by atoms with van der Waals surface area (Å²) < 4.78 is 2.72. The molecule has 0 amide bonds. The highest BCUT2D eigenvalue weighted by Gasteiger charge is 2.07. The van der Waals surface area contributed by atoms with E-state index in [2.05, 4.69) is 46.7 Å². The zero-order chi connectivity index (χ0) is 13.0. The summed E-state index contributed by atoms with van der Waals surface area (Å²) in [4.78, 5) is 8.27. The van der Waals surface area contributed by atoms with Crippen molar-refractivity contribution in [2.24, 2.45) is 7.05 Å². The van der Waals surface area contributed by atoms with E-state index in [0.29, 0.717) is 0 Å². The molecule has 7 nitrogen and oxygen atoms in total. The Kier molecular flexibility index (Phi) is 4.08. The third-order valence-electron chi connectivity index (χ3n) is 2.47. The third-order valence-corrected chi connectivity index (χ3v) is 3.22. The SMILES string of the molecule is CNc1ncnc(NCCc2nncn2C)c1Br. The van der Waals surface area contributed by atoms with Gasteiger partial charge in [-0.1, -0.05) is 0 Å². The van der Waals surface area contributed by atoms with Gasteiger partial charge in [0.2, 0.25) is 0 Å². The predicted molar refractivity (Wildman–Crippen MR) is 72.5 cm³/mol. The number of nitrogens with one attached hydrogen (secondary N) is 2. The topological polar surface area (TPSA) is 80.6 Å². The van der Waals surface area contributed by atoms with E-state index in [1.165, 1.54) is 6.33 Å². The van der Waals surface area contributed by atoms with Crippen LogP contribution in [0.5, 0.6) is 0 Å². The van der Waals surface area contributed by atoms with Crippen LogP contribution in [-0.2, 0) is 13.5 Å². The van der Waals surface area contributed by atoms with Crippen molar-refractivity contribution in [2.75, 3.05) is 24.2 Å². The van der Waals surface area contributed by atoms with Crippen molar-refractivity contribution in [3.05, 3.63) is 23.0 Å². The van der Waals surface area contributed by atoms with Crippen molar-refractivity contribution in [3.63, 3.8) is 0 Å². The van der Waals surface area contributed by atoms with Crippen molar-refractivity contribution in [2.45, 2.75) is 6.42 Å². The van der Waals surface area contributed by atoms with Gasteiger partial charge in [0, 0.05) is 27.1 Å². The Balaban J connectivity index is 1.96. The van der Waals surface area contributed by atoms with Crippen LogP contribution >= 0.6 is 15.9 Å². The number of halogens is 1. The number of aromatic nitrogens is 5. The van der Waals surface area contributed by atoms with Gasteiger partial charge in [0.25, 0.3) is 0 Å². The molecule has 0 unspecified atom stereocenters. The molecule has 18 heavy (non-hydrogen) atoms. The standard InChI is InChI=1S/C10H14BrN7/c1-12-9-8(11)10(15-5-14-9)13-4-3-7-17-16-6-18(7)2/h5-6H,3-4H2,1-2H3,(H2,12,13,14,15). The lowest BCUT2D eigenvalue weighted by atomic mass is 10.4. The van der Waals surface area contributed by atoms with E-state index in [4.69, 9.17) is 0 Å². The lowest BCUT2D eigenvalue weighted by Gasteiger charge is -2.09. The van der Waals surface area contributed by atoms with Crippen LogP contribution in [0.3, 0.4) is 0 Å². The molecular formula is C10H14BrN7. The number of hydrogen-bond acceptors (Lipinski definition) is 6. The maximum Gasteiger partial charge on any atom is 0.145 e. The summed E-state index contributed by atoms with van der Waals surface area (Å²) in [7, 11) is 3.74. The molecule has 0 saturated heterocycles. The van der Waals surface area contributed by atoms with Crippen molar-refractivity contribution >= 4 is 27.6 Å². The Hall–Kier alpha value is -1.70. The summed E-state index contributed by atoms with van der Waals surface area (Å²) in [6.07, 6.45) is 3.98. The molecule has 96 valence electrons. The molecular weight excluding hydrogens is 298 g/mol. The lowest BCUT2D eigenvalue weighted by molar-refractivity contribution is 0.787. The first-order chi connectivity index (χ1) is 8.72. The molecule has 0 bridgehead atoms. The van der Waals surface area contributed by atoms with E-state index < -0.39 is 0 Å². The molecule has 0 saturated carbocycles. The second-order valence-electron chi connectivity index (χ2n) is 3.67. The van der Waals surface area contributed by atoms with E-state index in [0.717, 1.165) is 34.9 Å². The van der Waals surface area contributed by atoms with E-state index in [9.17, 15) is 0 Å². The monoisotopic (exact) mass is 311 g/mol. The fourth-order valence-electron chi connectivity index (χ4n) is 1.49. The van der Waals surface area contributed by atoms with Crippen LogP contribution in [0, 0.1) is 0 Å². The number of hydrogen-bond donors (Lipinski definition) is 2. The molecule has 0 aliphatic carbocycles. The fraction of sp³-hybridized carbons (Fsp3) is 0.400. The average molecular weight is 312 g/mol. The molecule has 0 aliphatic rings. The summed E-state index contributed by atoms with van der Waals surface area (Å²) >= 11 is 3.45. The second kappa shape index (κ2) is 5.76. The quantitative estimate of drug-likeness (QED) is 0.859. The van der Waals surface area contributed by atoms with Gasteiger partial charge < -0.3 is 15.2 Å². The maximum atomic E-state index is 4.18. The summed E-state index contributed by atoms with van der Waals surface area (Å²) in [5.41, 5.74) is 0. The van der Waals surface area contributed by atoms with Gasteiger partial charge in [-0.25, -0.2) is 9.97 Å². The Morgan fingerprint density at radius 3 is 2.78 bits per heavy atom. The van der Waals surface area contributed by atoms with Gasteiger partial charge in [-0.2, -0.15) is 0 Å². The van der Waals surface area contributed by atoms with Crippen LogP contribution in [0.2, 0.25) is 0 Å². The first-order valence-electron chi connectivity index (χ1n) is 5.47. The highest BCUT2D eigenvalue weighted by atomic mass is 79.9. The number of aryl methyl sites for hydroxylation is 1. The Morgan fingerprint density at radius 1 is 1.33 bits per heavy atom. The summed E-state index contributed by atoms with van der Waals surface area (Å²) in [5.74, 6) is 2.45. The van der Waals surface area contributed by atoms with E-state index in [-0.39, 0.29) is 0 Å². The highest BCUT2D eigenvalue weighted by molar-refractivity contribution is 9.10. The Labute approximate surface area is 113 Å². The molecule has 2 aromatic rings. The van der Waals surface area contributed by atoms with E-state index >= 15 is 0 Å². The zero-order valence-corrected chi connectivity index (χ0v) is 11.8. The minimum atomic E-state index is 0.727. The van der Waals surface area contributed by atoms with Gasteiger partial charge in [-0.05, 0) is 15.9 Å². The smallest absolute Gasteiger partial charge is 0.145 e. The van der Waals surface area contributed by atoms with Crippen LogP contribution in [-0.4, -0.2) is 38.3 Å². The van der Waals surface area contributed by atoms with Crippen molar-refractivity contribution < 1.29 is 0 Å². The molecule has 2 aromatic heterocycles. The molecule has 0 aliphatic heterocycles. The molecule has 0 radical (unpaired) electrons. The van der Waals surface area contributed by atoms with Gasteiger partial charge in [0.1, 0.15) is 34.6 Å². The van der Waals surface area contributed by atoms with Gasteiger partial charge >= 0.3 is 0 Å².